The fourth-order valence-electron chi connectivity index (χ4n) is 4.06. The SMILES string of the molecule is CCCCNC(=O)[C@H](C)N(Cc1cccc(OC)c1)C(=O)CCCN1C(=O)c2ccccc2S1(=O)=O. The van der Waals surface area contributed by atoms with Crippen LogP contribution in [-0.4, -0.2) is 61.6 Å². The Morgan fingerprint density at radius 3 is 2.56 bits per heavy atom. The molecule has 3 amide bonds. The topological polar surface area (TPSA) is 113 Å². The molecule has 0 spiro atoms. The van der Waals surface area contributed by atoms with Crippen molar-refractivity contribution in [3.8, 4) is 5.75 Å². The van der Waals surface area contributed by atoms with Crippen LogP contribution in [0.5, 0.6) is 5.75 Å². The van der Waals surface area contributed by atoms with E-state index in [-0.39, 0.29) is 48.2 Å². The van der Waals surface area contributed by atoms with Crippen LogP contribution < -0.4 is 10.1 Å². The number of unbranched alkanes of at least 4 members (excludes halogenated alkanes) is 1. The highest BCUT2D eigenvalue weighted by Crippen LogP contribution is 2.30. The number of sulfonamides is 1. The molecule has 3 rings (SSSR count). The summed E-state index contributed by atoms with van der Waals surface area (Å²) in [5.41, 5.74) is 0.935. The molecule has 0 aliphatic carbocycles. The van der Waals surface area contributed by atoms with Crippen molar-refractivity contribution in [2.75, 3.05) is 20.2 Å². The van der Waals surface area contributed by atoms with E-state index in [1.165, 1.54) is 17.0 Å². The predicted molar refractivity (Wildman–Crippen MR) is 135 cm³/mol. The van der Waals surface area contributed by atoms with Crippen molar-refractivity contribution < 1.29 is 27.5 Å². The summed E-state index contributed by atoms with van der Waals surface area (Å²) >= 11 is 0. The van der Waals surface area contributed by atoms with E-state index < -0.39 is 22.0 Å². The maximum atomic E-state index is 13.3. The van der Waals surface area contributed by atoms with Gasteiger partial charge in [0, 0.05) is 26.1 Å². The van der Waals surface area contributed by atoms with Crippen LogP contribution >= 0.6 is 0 Å². The first-order chi connectivity index (χ1) is 17.2. The summed E-state index contributed by atoms with van der Waals surface area (Å²) in [4.78, 5) is 40.1. The van der Waals surface area contributed by atoms with Crippen LogP contribution in [0.1, 0.15) is 55.5 Å². The zero-order valence-corrected chi connectivity index (χ0v) is 21.7. The summed E-state index contributed by atoms with van der Waals surface area (Å²) in [5, 5.41) is 2.86. The molecule has 0 radical (unpaired) electrons. The van der Waals surface area contributed by atoms with Crippen LogP contribution in [0.15, 0.2) is 53.4 Å². The Bertz CT molecular complexity index is 1210. The van der Waals surface area contributed by atoms with Crippen molar-refractivity contribution in [2.45, 2.75) is 57.0 Å². The minimum Gasteiger partial charge on any atom is -0.497 e. The van der Waals surface area contributed by atoms with Gasteiger partial charge in [0.05, 0.1) is 12.7 Å². The molecule has 194 valence electrons. The quantitative estimate of drug-likeness (QED) is 0.435. The van der Waals surface area contributed by atoms with Gasteiger partial charge in [0.2, 0.25) is 11.8 Å². The van der Waals surface area contributed by atoms with Gasteiger partial charge in [0.25, 0.3) is 15.9 Å². The van der Waals surface area contributed by atoms with Gasteiger partial charge in [-0.3, -0.25) is 14.4 Å². The second-order valence-electron chi connectivity index (χ2n) is 8.68. The first-order valence-corrected chi connectivity index (χ1v) is 13.5. The second kappa shape index (κ2) is 12.0. The zero-order chi connectivity index (χ0) is 26.3. The van der Waals surface area contributed by atoms with E-state index in [9.17, 15) is 22.8 Å². The fraction of sp³-hybridized carbons (Fsp3) is 0.423. The predicted octanol–water partition coefficient (Wildman–Crippen LogP) is 2.95. The van der Waals surface area contributed by atoms with Crippen molar-refractivity contribution in [2.24, 2.45) is 0 Å². The molecule has 36 heavy (non-hydrogen) atoms. The van der Waals surface area contributed by atoms with Crippen molar-refractivity contribution in [1.29, 1.82) is 0 Å². The van der Waals surface area contributed by atoms with Crippen LogP contribution in [-0.2, 0) is 26.2 Å². The third-order valence-corrected chi connectivity index (χ3v) is 7.99. The first-order valence-electron chi connectivity index (χ1n) is 12.1. The standard InChI is InChI=1S/C26H33N3O6S/c1-4-5-15-27-25(31)19(2)28(18-20-10-8-11-21(17-20)35-3)24(30)14-9-16-29-26(32)22-12-6-7-13-23(22)36(29,33)34/h6-8,10-13,17,19H,4-5,9,14-16,18H2,1-3H3,(H,27,31)/t19-/m0/s1. The maximum absolute atomic E-state index is 13.3. The van der Waals surface area contributed by atoms with Crippen molar-refractivity contribution >= 4 is 27.7 Å². The molecule has 0 saturated carbocycles. The van der Waals surface area contributed by atoms with Crippen molar-refractivity contribution in [3.05, 3.63) is 59.7 Å². The number of nitrogens with zero attached hydrogens (tertiary/aromatic N) is 2. The summed E-state index contributed by atoms with van der Waals surface area (Å²) in [6.45, 7) is 4.29. The third-order valence-electron chi connectivity index (χ3n) is 6.15. The number of carbonyl (C=O) groups is 3. The Balaban J connectivity index is 1.70. The molecule has 1 N–H and O–H groups in total. The fourth-order valence-corrected chi connectivity index (χ4v) is 5.66. The van der Waals surface area contributed by atoms with Gasteiger partial charge in [-0.1, -0.05) is 37.6 Å². The number of hydrogen-bond acceptors (Lipinski definition) is 6. The van der Waals surface area contributed by atoms with Gasteiger partial charge in [0.15, 0.2) is 0 Å². The molecule has 2 aromatic rings. The van der Waals surface area contributed by atoms with Gasteiger partial charge in [-0.15, -0.1) is 0 Å². The van der Waals surface area contributed by atoms with E-state index in [1.54, 1.807) is 38.3 Å². The van der Waals surface area contributed by atoms with E-state index in [1.807, 2.05) is 19.1 Å². The number of fused-ring (bicyclic) bond motifs is 1. The van der Waals surface area contributed by atoms with Crippen LogP contribution in [0.25, 0.3) is 0 Å². The highest BCUT2D eigenvalue weighted by Gasteiger charge is 2.40. The van der Waals surface area contributed by atoms with Crippen LogP contribution in [0.3, 0.4) is 0 Å². The summed E-state index contributed by atoms with van der Waals surface area (Å²) in [6.07, 6.45) is 1.88. The van der Waals surface area contributed by atoms with Gasteiger partial charge >= 0.3 is 0 Å². The Kier molecular flexibility index (Phi) is 9.08. The largest absolute Gasteiger partial charge is 0.497 e. The highest BCUT2D eigenvalue weighted by molar-refractivity contribution is 7.90. The van der Waals surface area contributed by atoms with Crippen LogP contribution in [0.4, 0.5) is 0 Å². The lowest BCUT2D eigenvalue weighted by atomic mass is 10.1. The Hall–Kier alpha value is -3.40. The average Bonchev–Trinajstić information content (AvgIpc) is 3.07. The summed E-state index contributed by atoms with van der Waals surface area (Å²) < 4.78 is 31.6. The van der Waals surface area contributed by atoms with Crippen molar-refractivity contribution in [3.63, 3.8) is 0 Å². The minimum absolute atomic E-state index is 0.0154. The van der Waals surface area contributed by atoms with E-state index in [0.717, 1.165) is 22.7 Å². The summed E-state index contributed by atoms with van der Waals surface area (Å²) in [6, 6.07) is 12.6. The van der Waals surface area contributed by atoms with E-state index in [4.69, 9.17) is 4.74 Å². The molecule has 1 aliphatic rings. The lowest BCUT2D eigenvalue weighted by molar-refractivity contribution is -0.140. The lowest BCUT2D eigenvalue weighted by Crippen LogP contribution is -2.47. The number of hydrogen-bond donors (Lipinski definition) is 1. The number of amides is 3. The highest BCUT2D eigenvalue weighted by atomic mass is 32.2. The van der Waals surface area contributed by atoms with Gasteiger partial charge < -0.3 is 15.0 Å². The van der Waals surface area contributed by atoms with E-state index in [2.05, 4.69) is 5.32 Å². The number of carbonyl (C=O) groups excluding carboxylic acids is 3. The molecule has 1 atom stereocenters. The molecule has 0 bridgehead atoms. The molecule has 0 saturated heterocycles. The molecule has 1 aliphatic heterocycles. The number of benzene rings is 2. The summed E-state index contributed by atoms with van der Waals surface area (Å²) in [5.74, 6) is -0.516. The molecule has 1 heterocycles. The monoisotopic (exact) mass is 515 g/mol. The smallest absolute Gasteiger partial charge is 0.269 e. The van der Waals surface area contributed by atoms with Gasteiger partial charge in [-0.2, -0.15) is 0 Å². The van der Waals surface area contributed by atoms with E-state index in [0.29, 0.717) is 12.3 Å². The maximum Gasteiger partial charge on any atom is 0.269 e. The lowest BCUT2D eigenvalue weighted by Gasteiger charge is -2.29. The number of methoxy groups -OCH3 is 1. The molecule has 0 unspecified atom stereocenters. The molecule has 0 aromatic heterocycles. The van der Waals surface area contributed by atoms with Crippen LogP contribution in [0, 0.1) is 0 Å². The van der Waals surface area contributed by atoms with Crippen molar-refractivity contribution in [1.82, 2.24) is 14.5 Å². The third kappa shape index (κ3) is 6.04. The molecule has 10 heteroatoms. The number of nitrogens with one attached hydrogen (secondary N) is 1. The Morgan fingerprint density at radius 1 is 1.11 bits per heavy atom. The van der Waals surface area contributed by atoms with Crippen LogP contribution in [0.2, 0.25) is 0 Å². The summed E-state index contributed by atoms with van der Waals surface area (Å²) in [7, 11) is -2.38. The Morgan fingerprint density at radius 2 is 1.86 bits per heavy atom. The normalized spacial score (nSPS) is 14.8. The van der Waals surface area contributed by atoms with Gasteiger partial charge in [0.1, 0.15) is 16.7 Å². The second-order valence-corrected chi connectivity index (χ2v) is 10.5. The number of rotatable bonds is 12. The molecule has 2 aromatic carbocycles. The van der Waals surface area contributed by atoms with Gasteiger partial charge in [-0.25, -0.2) is 12.7 Å². The zero-order valence-electron chi connectivity index (χ0n) is 20.9. The Labute approximate surface area is 212 Å². The molecule has 9 nitrogen and oxygen atoms in total. The average molecular weight is 516 g/mol. The molecular weight excluding hydrogens is 482 g/mol. The first kappa shape index (κ1) is 27.2. The molecular formula is C26H33N3O6S. The van der Waals surface area contributed by atoms with Gasteiger partial charge in [-0.05, 0) is 49.6 Å². The molecule has 0 fully saturated rings. The minimum atomic E-state index is -3.93. The van der Waals surface area contributed by atoms with E-state index >= 15 is 0 Å². The number of ether oxygens (including phenoxy) is 1.